The Hall–Kier alpha value is -15.7. The van der Waals surface area contributed by atoms with Gasteiger partial charge in [0.05, 0.1) is 33.5 Å². The number of hydrogen-bond donors (Lipinski definition) is 0. The molecule has 12 heteroatoms. The van der Waals surface area contributed by atoms with Gasteiger partial charge < -0.3 is 9.31 Å². The molecule has 10 nitrogen and oxygen atoms in total. The third-order valence-corrected chi connectivity index (χ3v) is 25.4. The fourth-order valence-corrected chi connectivity index (χ4v) is 17.3. The van der Waals surface area contributed by atoms with Crippen molar-refractivity contribution in [1.82, 2.24) is 39.9 Å². The molecule has 0 spiro atoms. The highest BCUT2D eigenvalue weighted by Gasteiger charge is 2.53. The molecule has 22 aromatic rings. The minimum absolute atomic E-state index is 0.395. The molecule has 4 aromatic heterocycles. The summed E-state index contributed by atoms with van der Waals surface area (Å²) in [5.41, 5.74) is 23.6. The van der Waals surface area contributed by atoms with Gasteiger partial charge in [0.15, 0.2) is 34.9 Å². The van der Waals surface area contributed by atoms with Gasteiger partial charge in [-0.1, -0.05) is 392 Å². The molecular weight excluding hydrogens is 1650 g/mol. The first-order chi connectivity index (χ1) is 63.7. The first kappa shape index (κ1) is 81.4. The number of benzene rings is 18. The summed E-state index contributed by atoms with van der Waals surface area (Å²) >= 11 is 3.53. The van der Waals surface area contributed by atoms with Crippen molar-refractivity contribution in [2.45, 2.75) is 38.9 Å². The van der Waals surface area contributed by atoms with E-state index in [2.05, 4.69) is 402 Å². The lowest BCUT2D eigenvalue weighted by molar-refractivity contribution is 0.00578. The molecule has 130 heavy (non-hydrogen) atoms. The zero-order valence-corrected chi connectivity index (χ0v) is 73.5. The van der Waals surface area contributed by atoms with Gasteiger partial charge in [-0.05, 0) is 187 Å². The Labute approximate surface area is 763 Å². The monoisotopic (exact) mass is 1730 g/mol. The lowest BCUT2D eigenvalue weighted by Crippen LogP contribution is -2.41. The number of fused-ring (bicyclic) bond motifs is 8. The molecule has 0 N–H and O–H groups in total. The average Bonchev–Trinajstić information content (AvgIpc) is 1.41. The zero-order chi connectivity index (χ0) is 87.7. The van der Waals surface area contributed by atoms with E-state index in [0.29, 0.717) is 34.9 Å². The molecule has 5 heterocycles. The van der Waals surface area contributed by atoms with Crippen LogP contribution in [0.3, 0.4) is 0 Å². The summed E-state index contributed by atoms with van der Waals surface area (Å²) < 4.78 is 13.7. The SMILES string of the molecule is Brc1ccc(-c2cccc(-c3ccc(-c4nc(-c5ccccc5)nc(-c5ccc(-c6ccccc6)cc5)n4)cc3)c2)cc1.CC1(C)OB(c2nc3ccccc3c3cc4ccccc4cc23)OC1(C)C.c1ccc(-c2ccc(-c3nc(-c4ccccc4)nc(-c4ccc(-c5cccc(-c6ccc(-c7nc8ccccc8c8cc9ccccc9cc78)cc6)c5)cc4)n3)cc2)cc1. The summed E-state index contributed by atoms with van der Waals surface area (Å²) in [6.45, 7) is 8.30. The smallest absolute Gasteiger partial charge is 0.398 e. The summed E-state index contributed by atoms with van der Waals surface area (Å²) in [6.07, 6.45) is 0. The average molecular weight is 1740 g/mol. The molecule has 1 aliphatic rings. The van der Waals surface area contributed by atoms with Crippen LogP contribution >= 0.6 is 15.9 Å². The highest BCUT2D eigenvalue weighted by Crippen LogP contribution is 2.42. The van der Waals surface area contributed by atoms with Gasteiger partial charge >= 0.3 is 7.12 Å². The highest BCUT2D eigenvalue weighted by molar-refractivity contribution is 9.10. The van der Waals surface area contributed by atoms with Crippen molar-refractivity contribution >= 4 is 93.5 Å². The standard InChI is InChI=1S/C56H36N4.C39H26BrN3.C23H22BNO2/c1-3-12-37(13-4-1)38-24-30-43(31-25-38)55-58-54(42-14-5-2-6-15-42)59-56(60-55)44-32-26-40(27-33-44)46-19-11-18-45(34-46)39-22-28-41(29-23-39)53-51-36-48-17-8-7-16-47(48)35-50(51)49-20-9-10-21-52(49)57-53;40-36-24-22-30(23-25-36)35-13-7-12-34(26-35)29-16-20-33(21-17-29)39-42-37(31-10-5-2-6-11-31)41-38(43-39)32-18-14-28(15-19-32)27-8-3-1-4-9-27;1-22(2)23(3,4)27-24(26-22)21-19-14-16-10-6-5-9-15(16)13-18(19)17-11-7-8-12-20(17)25-21/h1-36H;1-26H;5-14H,1-4H3. The number of aromatic nitrogens is 8. The second-order valence-corrected chi connectivity index (χ2v) is 34.6. The number of nitrogens with zero attached hydrogens (tertiary/aromatic N) is 8. The Balaban J connectivity index is 0.000000127. The predicted octanol–water partition coefficient (Wildman–Crippen LogP) is 29.9. The Morgan fingerprint density at radius 1 is 0.192 bits per heavy atom. The zero-order valence-electron chi connectivity index (χ0n) is 71.9. The highest BCUT2D eigenvalue weighted by atomic mass is 79.9. The Morgan fingerprint density at radius 3 is 0.785 bits per heavy atom. The maximum absolute atomic E-state index is 6.33. The maximum atomic E-state index is 6.33. The Kier molecular flexibility index (Phi) is 22.1. The van der Waals surface area contributed by atoms with E-state index in [1.54, 1.807) is 0 Å². The lowest BCUT2D eigenvalue weighted by atomic mass is 9.79. The normalized spacial score (nSPS) is 12.7. The summed E-state index contributed by atoms with van der Waals surface area (Å²) in [4.78, 5) is 39.8. The number of rotatable bonds is 14. The first-order valence-electron chi connectivity index (χ1n) is 43.8. The molecular formula is C118H84BBrN8O2. The van der Waals surface area contributed by atoms with Crippen LogP contribution in [0.15, 0.2) is 441 Å². The number of pyridine rings is 2. The second-order valence-electron chi connectivity index (χ2n) is 33.7. The topological polar surface area (TPSA) is 122 Å². The van der Waals surface area contributed by atoms with Gasteiger partial charge in [0, 0.05) is 65.0 Å². The van der Waals surface area contributed by atoms with E-state index in [4.69, 9.17) is 49.2 Å². The van der Waals surface area contributed by atoms with Gasteiger partial charge in [-0.15, -0.1) is 0 Å². The molecule has 0 bridgehead atoms. The van der Waals surface area contributed by atoms with Crippen molar-refractivity contribution in [3.8, 4) is 146 Å². The van der Waals surface area contributed by atoms with Crippen LogP contribution < -0.4 is 5.59 Å². The van der Waals surface area contributed by atoms with Gasteiger partial charge in [-0.25, -0.2) is 34.9 Å². The Bertz CT molecular complexity index is 7920. The molecule has 0 unspecified atom stereocenters. The van der Waals surface area contributed by atoms with Crippen LogP contribution in [0, 0.1) is 0 Å². The van der Waals surface area contributed by atoms with Gasteiger partial charge in [0.1, 0.15) is 0 Å². The lowest BCUT2D eigenvalue weighted by Gasteiger charge is -2.32. The van der Waals surface area contributed by atoms with E-state index in [0.717, 1.165) is 126 Å². The summed E-state index contributed by atoms with van der Waals surface area (Å²) in [6, 6.07) is 152. The van der Waals surface area contributed by atoms with Crippen LogP contribution in [-0.2, 0) is 9.31 Å². The largest absolute Gasteiger partial charge is 0.515 e. The summed E-state index contributed by atoms with van der Waals surface area (Å²) in [5, 5.41) is 11.8. The molecule has 0 amide bonds. The molecule has 0 radical (unpaired) electrons. The molecule has 1 saturated heterocycles. The van der Waals surface area contributed by atoms with E-state index >= 15 is 0 Å². The quantitative estimate of drug-likeness (QED) is 0.0591. The van der Waals surface area contributed by atoms with E-state index < -0.39 is 18.3 Å². The van der Waals surface area contributed by atoms with E-state index in [1.807, 2.05) is 78.9 Å². The van der Waals surface area contributed by atoms with Gasteiger partial charge in [0.2, 0.25) is 0 Å². The molecule has 1 aliphatic heterocycles. The van der Waals surface area contributed by atoms with Crippen molar-refractivity contribution in [2.75, 3.05) is 0 Å². The van der Waals surface area contributed by atoms with Crippen LogP contribution in [0.2, 0.25) is 0 Å². The van der Waals surface area contributed by atoms with E-state index in [9.17, 15) is 0 Å². The van der Waals surface area contributed by atoms with Crippen molar-refractivity contribution in [1.29, 1.82) is 0 Å². The van der Waals surface area contributed by atoms with Crippen molar-refractivity contribution < 1.29 is 9.31 Å². The minimum Gasteiger partial charge on any atom is -0.398 e. The fourth-order valence-electron chi connectivity index (χ4n) is 17.1. The molecule has 23 rings (SSSR count). The van der Waals surface area contributed by atoms with Crippen molar-refractivity contribution in [2.24, 2.45) is 0 Å². The van der Waals surface area contributed by atoms with Crippen LogP contribution in [0.5, 0.6) is 0 Å². The van der Waals surface area contributed by atoms with Crippen molar-refractivity contribution in [3.05, 3.63) is 441 Å². The molecule has 0 aliphatic carbocycles. The van der Waals surface area contributed by atoms with Gasteiger partial charge in [0.25, 0.3) is 0 Å². The van der Waals surface area contributed by atoms with E-state index in [1.165, 1.54) is 60.0 Å². The molecule has 0 atom stereocenters. The number of halogens is 1. The maximum Gasteiger partial charge on any atom is 0.515 e. The first-order valence-corrected chi connectivity index (χ1v) is 44.6. The molecule has 18 aromatic carbocycles. The predicted molar refractivity (Wildman–Crippen MR) is 541 cm³/mol. The minimum atomic E-state index is -0.483. The van der Waals surface area contributed by atoms with Crippen LogP contribution in [0.1, 0.15) is 27.7 Å². The second kappa shape index (κ2) is 35.3. The molecule has 0 saturated carbocycles. The molecule has 1 fully saturated rings. The third kappa shape index (κ3) is 16.9. The van der Waals surface area contributed by atoms with Crippen LogP contribution in [-0.4, -0.2) is 58.2 Å². The number of hydrogen-bond acceptors (Lipinski definition) is 10. The summed E-state index contributed by atoms with van der Waals surface area (Å²) in [7, 11) is -0.483. The van der Waals surface area contributed by atoms with Gasteiger partial charge in [-0.3, -0.25) is 4.98 Å². The van der Waals surface area contributed by atoms with Crippen LogP contribution in [0.25, 0.3) is 211 Å². The number of para-hydroxylation sites is 2. The van der Waals surface area contributed by atoms with Crippen molar-refractivity contribution in [3.63, 3.8) is 0 Å². The Morgan fingerprint density at radius 2 is 0.431 bits per heavy atom. The van der Waals surface area contributed by atoms with Crippen LogP contribution in [0.4, 0.5) is 0 Å². The molecule has 618 valence electrons. The fraction of sp³-hybridized carbons (Fsp3) is 0.0508. The van der Waals surface area contributed by atoms with E-state index in [-0.39, 0.29) is 0 Å². The summed E-state index contributed by atoms with van der Waals surface area (Å²) in [5.74, 6) is 3.86. The van der Waals surface area contributed by atoms with Gasteiger partial charge in [-0.2, -0.15) is 0 Å². The third-order valence-electron chi connectivity index (χ3n) is 24.8.